The lowest BCUT2D eigenvalue weighted by Crippen LogP contribution is -1.67. The van der Waals surface area contributed by atoms with Crippen LogP contribution in [0.3, 0.4) is 0 Å². The predicted octanol–water partition coefficient (Wildman–Crippen LogP) is 7.71. The molecule has 2 heteroatoms. The van der Waals surface area contributed by atoms with Crippen molar-refractivity contribution >= 4 is 22.7 Å². The molecule has 0 N–H and O–H groups in total. The van der Waals surface area contributed by atoms with Crippen LogP contribution < -0.4 is 0 Å². The molecule has 0 unspecified atom stereocenters. The second-order valence-electron chi connectivity index (χ2n) is 5.41. The highest BCUT2D eigenvalue weighted by Crippen LogP contribution is 2.16. The summed E-state index contributed by atoms with van der Waals surface area (Å²) in [5.74, 6) is 2.57. The van der Waals surface area contributed by atoms with Gasteiger partial charge in [-0.2, -0.15) is 0 Å². The zero-order chi connectivity index (χ0) is 18.5. The number of hydrogen-bond donors (Lipinski definition) is 0. The molecule has 2 heterocycles. The van der Waals surface area contributed by atoms with E-state index in [0.717, 1.165) is 4.88 Å². The molecule has 2 aromatic rings. The molecule has 1 aliphatic carbocycles. The van der Waals surface area contributed by atoms with Crippen LogP contribution in [-0.4, -0.2) is 0 Å². The molecule has 0 spiro atoms. The Morgan fingerprint density at radius 1 is 0.750 bits per heavy atom. The van der Waals surface area contributed by atoms with Gasteiger partial charge in [-0.3, -0.25) is 0 Å². The van der Waals surface area contributed by atoms with Crippen LogP contribution >= 0.6 is 22.7 Å². The summed E-state index contributed by atoms with van der Waals surface area (Å²) < 4.78 is 0. The minimum Gasteiger partial charge on any atom is -0.146 e. The minimum atomic E-state index is 1.02. The fraction of sp³-hybridized carbons (Fsp3) is 0.364. The van der Waals surface area contributed by atoms with Gasteiger partial charge >= 0.3 is 0 Å². The van der Waals surface area contributed by atoms with Gasteiger partial charge in [-0.1, -0.05) is 43.1 Å². The first-order valence-corrected chi connectivity index (χ1v) is 9.93. The fourth-order valence-electron chi connectivity index (χ4n) is 1.91. The van der Waals surface area contributed by atoms with Gasteiger partial charge in [-0.15, -0.1) is 29.1 Å². The van der Waals surface area contributed by atoms with Gasteiger partial charge in [0.1, 0.15) is 0 Å². The Hall–Kier alpha value is -1.56. The van der Waals surface area contributed by atoms with E-state index in [9.17, 15) is 0 Å². The van der Waals surface area contributed by atoms with Crippen LogP contribution in [0.25, 0.3) is 0 Å². The predicted molar refractivity (Wildman–Crippen MR) is 114 cm³/mol. The molecule has 0 saturated heterocycles. The van der Waals surface area contributed by atoms with Crippen molar-refractivity contribution in [3.63, 3.8) is 0 Å². The van der Waals surface area contributed by atoms with Crippen molar-refractivity contribution in [3.8, 4) is 12.3 Å². The number of allylic oxidation sites excluding steroid dienone is 4. The summed E-state index contributed by atoms with van der Waals surface area (Å²) in [7, 11) is 0. The van der Waals surface area contributed by atoms with Crippen LogP contribution in [0.5, 0.6) is 0 Å². The van der Waals surface area contributed by atoms with E-state index in [0.29, 0.717) is 0 Å². The number of rotatable bonds is 0. The van der Waals surface area contributed by atoms with Crippen molar-refractivity contribution in [2.24, 2.45) is 0 Å². The molecular weight excluding hydrogens is 328 g/mol. The number of hydrogen-bond acceptors (Lipinski definition) is 2. The van der Waals surface area contributed by atoms with E-state index in [1.165, 1.54) is 32.2 Å². The molecule has 0 nitrogen and oxygen atoms in total. The molecule has 130 valence electrons. The summed E-state index contributed by atoms with van der Waals surface area (Å²) in [4.78, 5) is 5.09. The number of thiophene rings is 2. The summed E-state index contributed by atoms with van der Waals surface area (Å²) >= 11 is 3.49. The fourth-order valence-corrected chi connectivity index (χ4v) is 3.37. The lowest BCUT2D eigenvalue weighted by atomic mass is 10.2. The van der Waals surface area contributed by atoms with Gasteiger partial charge in [0, 0.05) is 14.6 Å². The van der Waals surface area contributed by atoms with Crippen molar-refractivity contribution in [3.05, 3.63) is 67.1 Å². The van der Waals surface area contributed by atoms with E-state index >= 15 is 0 Å². The van der Waals surface area contributed by atoms with Gasteiger partial charge < -0.3 is 0 Å². The van der Waals surface area contributed by atoms with Crippen LogP contribution in [0.4, 0.5) is 0 Å². The summed E-state index contributed by atoms with van der Waals surface area (Å²) in [5, 5.41) is 0. The third-order valence-electron chi connectivity index (χ3n) is 2.97. The highest BCUT2D eigenvalue weighted by atomic mass is 32.1. The minimum absolute atomic E-state index is 1.02. The summed E-state index contributed by atoms with van der Waals surface area (Å²) in [6.07, 6.45) is 10.7. The lowest BCUT2D eigenvalue weighted by Gasteiger charge is -1.87. The Morgan fingerprint density at radius 3 is 1.33 bits per heavy atom. The van der Waals surface area contributed by atoms with Gasteiger partial charge in [0.2, 0.25) is 0 Å². The first-order chi connectivity index (χ1) is 11.4. The Bertz CT molecular complexity index is 655. The quantitative estimate of drug-likeness (QED) is 0.423. The monoisotopic (exact) mass is 358 g/mol. The maximum atomic E-state index is 5.12. The van der Waals surface area contributed by atoms with E-state index in [-0.39, 0.29) is 0 Å². The summed E-state index contributed by atoms with van der Waals surface area (Å²) in [5.41, 5.74) is 2.97. The Kier molecular flexibility index (Phi) is 12.0. The maximum absolute atomic E-state index is 5.12. The maximum Gasteiger partial charge on any atom is 0.0768 e. The van der Waals surface area contributed by atoms with Crippen molar-refractivity contribution < 1.29 is 0 Å². The molecule has 0 aromatic carbocycles. The van der Waals surface area contributed by atoms with Crippen LogP contribution in [-0.2, 0) is 0 Å². The molecule has 0 fully saturated rings. The lowest BCUT2D eigenvalue weighted by molar-refractivity contribution is 1.15. The van der Waals surface area contributed by atoms with Gasteiger partial charge in [0.25, 0.3) is 0 Å². The Morgan fingerprint density at radius 2 is 1.17 bits per heavy atom. The molecule has 1 aliphatic rings. The van der Waals surface area contributed by atoms with Crippen LogP contribution in [0, 0.1) is 33.1 Å². The topological polar surface area (TPSA) is 0 Å². The van der Waals surface area contributed by atoms with Crippen LogP contribution in [0.15, 0.2) is 47.6 Å². The summed E-state index contributed by atoms with van der Waals surface area (Å²) in [6.45, 7) is 14.6. The first-order valence-electron chi connectivity index (χ1n) is 8.29. The van der Waals surface area contributed by atoms with Gasteiger partial charge in [-0.25, -0.2) is 0 Å². The Balaban J connectivity index is 0.000000315. The second kappa shape index (κ2) is 12.8. The third kappa shape index (κ3) is 10.3. The van der Waals surface area contributed by atoms with E-state index < -0.39 is 0 Å². The highest BCUT2D eigenvalue weighted by molar-refractivity contribution is 7.12. The van der Waals surface area contributed by atoms with E-state index in [2.05, 4.69) is 57.9 Å². The SMILES string of the molecule is C#Cc1ccc(C)s1.CC.CC1=CC=C(C)C1.Cc1ccc(C)s1. The summed E-state index contributed by atoms with van der Waals surface area (Å²) in [6, 6.07) is 8.26. The zero-order valence-electron chi connectivity index (χ0n) is 16.1. The molecule has 0 atom stereocenters. The van der Waals surface area contributed by atoms with Gasteiger partial charge in [0.05, 0.1) is 4.88 Å². The van der Waals surface area contributed by atoms with Gasteiger partial charge in [-0.05, 0) is 65.3 Å². The standard InChI is InChI=1S/C7H6S.C7H10.C6H8S.C2H6/c1-3-7-5-4-6(2)8-7;1-6-3-4-7(2)5-6;1-5-3-4-6(2)7-5;1-2/h1,4-5H,2H3;3-4H,5H2,1-2H3;3-4H,1-2H3;1-2H3. The highest BCUT2D eigenvalue weighted by Gasteiger charge is 1.95. The van der Waals surface area contributed by atoms with E-state index in [1.807, 2.05) is 44.2 Å². The van der Waals surface area contributed by atoms with Crippen molar-refractivity contribution in [1.29, 1.82) is 0 Å². The third-order valence-corrected chi connectivity index (χ3v) is 4.82. The molecule has 0 bridgehead atoms. The molecule has 0 radical (unpaired) electrons. The molecule has 0 saturated carbocycles. The van der Waals surface area contributed by atoms with Crippen LogP contribution in [0.2, 0.25) is 0 Å². The molecule has 0 amide bonds. The van der Waals surface area contributed by atoms with Crippen molar-refractivity contribution in [2.45, 2.75) is 54.9 Å². The van der Waals surface area contributed by atoms with Crippen molar-refractivity contribution in [1.82, 2.24) is 0 Å². The molecule has 24 heavy (non-hydrogen) atoms. The number of terminal acetylenes is 1. The average Bonchev–Trinajstić information content (AvgIpc) is 3.26. The zero-order valence-corrected chi connectivity index (χ0v) is 17.7. The van der Waals surface area contributed by atoms with E-state index in [1.54, 1.807) is 11.3 Å². The molecule has 0 aliphatic heterocycles. The molecule has 3 rings (SSSR count). The Labute approximate surface area is 157 Å². The molecular formula is C22H30S2. The normalized spacial score (nSPS) is 11.4. The number of aryl methyl sites for hydroxylation is 3. The van der Waals surface area contributed by atoms with Crippen molar-refractivity contribution in [2.75, 3.05) is 0 Å². The van der Waals surface area contributed by atoms with Gasteiger partial charge in [0.15, 0.2) is 0 Å². The average molecular weight is 359 g/mol. The van der Waals surface area contributed by atoms with E-state index in [4.69, 9.17) is 6.42 Å². The smallest absolute Gasteiger partial charge is 0.0768 e. The van der Waals surface area contributed by atoms with Crippen LogP contribution in [0.1, 0.15) is 53.6 Å². The largest absolute Gasteiger partial charge is 0.146 e. The first kappa shape index (κ1) is 22.4. The molecule has 2 aromatic heterocycles. The second-order valence-corrected chi connectivity index (χ2v) is 8.19.